The Morgan fingerprint density at radius 3 is 2.45 bits per heavy atom. The van der Waals surface area contributed by atoms with Crippen LogP contribution in [0.2, 0.25) is 0 Å². The SMILES string of the molecule is COc1ccc(S(=O)(=O)N2CCc3ccccc32)cc1C(=O)N1CCN(C)CC1. The van der Waals surface area contributed by atoms with Crippen molar-refractivity contribution >= 4 is 21.6 Å². The molecule has 0 aliphatic carbocycles. The van der Waals surface area contributed by atoms with Gasteiger partial charge in [0, 0.05) is 32.7 Å². The zero-order valence-electron chi connectivity index (χ0n) is 16.7. The smallest absolute Gasteiger partial charge is 0.264 e. The zero-order chi connectivity index (χ0) is 20.6. The summed E-state index contributed by atoms with van der Waals surface area (Å²) < 4.78 is 33.5. The van der Waals surface area contributed by atoms with Crippen LogP contribution >= 0.6 is 0 Å². The number of para-hydroxylation sites is 1. The molecule has 1 fully saturated rings. The van der Waals surface area contributed by atoms with Crippen LogP contribution in [0, 0.1) is 0 Å². The molecule has 2 aromatic rings. The predicted molar refractivity (Wildman–Crippen MR) is 111 cm³/mol. The van der Waals surface area contributed by atoms with E-state index in [1.807, 2.05) is 31.3 Å². The number of anilines is 1. The fraction of sp³-hybridized carbons (Fsp3) is 0.381. The summed E-state index contributed by atoms with van der Waals surface area (Å²) in [7, 11) is -0.269. The third-order valence-electron chi connectivity index (χ3n) is 5.62. The van der Waals surface area contributed by atoms with E-state index in [0.29, 0.717) is 37.5 Å². The van der Waals surface area contributed by atoms with Gasteiger partial charge in [0.1, 0.15) is 5.75 Å². The van der Waals surface area contributed by atoms with Crippen LogP contribution in [0.3, 0.4) is 0 Å². The second kappa shape index (κ2) is 7.68. The van der Waals surface area contributed by atoms with Crippen molar-refractivity contribution in [1.29, 1.82) is 0 Å². The summed E-state index contributed by atoms with van der Waals surface area (Å²) >= 11 is 0. The number of hydrogen-bond acceptors (Lipinski definition) is 5. The van der Waals surface area contributed by atoms with Crippen LogP contribution in [0.1, 0.15) is 15.9 Å². The number of sulfonamides is 1. The standard InChI is InChI=1S/C21H25N3O4S/c1-22-11-13-23(14-12-22)21(25)18-15-17(7-8-20(18)28-2)29(26,27)24-10-9-16-5-3-4-6-19(16)24/h3-8,15H,9-14H2,1-2H3. The molecule has 1 amide bonds. The summed E-state index contributed by atoms with van der Waals surface area (Å²) in [5, 5.41) is 0. The maximum absolute atomic E-state index is 13.3. The molecule has 1 saturated heterocycles. The molecule has 0 radical (unpaired) electrons. The molecule has 2 aliphatic rings. The van der Waals surface area contributed by atoms with Crippen molar-refractivity contribution in [2.45, 2.75) is 11.3 Å². The first-order valence-electron chi connectivity index (χ1n) is 9.68. The zero-order valence-corrected chi connectivity index (χ0v) is 17.5. The largest absolute Gasteiger partial charge is 0.496 e. The van der Waals surface area contributed by atoms with Crippen molar-refractivity contribution in [2.75, 3.05) is 51.2 Å². The Labute approximate surface area is 171 Å². The number of methoxy groups -OCH3 is 1. The second-order valence-corrected chi connectivity index (χ2v) is 9.28. The van der Waals surface area contributed by atoms with Gasteiger partial charge in [-0.05, 0) is 43.3 Å². The summed E-state index contributed by atoms with van der Waals surface area (Å²) in [6.07, 6.45) is 0.679. The van der Waals surface area contributed by atoms with Gasteiger partial charge in [-0.3, -0.25) is 9.10 Å². The van der Waals surface area contributed by atoms with Crippen molar-refractivity contribution in [3.05, 3.63) is 53.6 Å². The van der Waals surface area contributed by atoms with Gasteiger partial charge in [0.15, 0.2) is 0 Å². The van der Waals surface area contributed by atoms with E-state index in [2.05, 4.69) is 4.90 Å². The Morgan fingerprint density at radius 1 is 1.00 bits per heavy atom. The number of nitrogens with zero attached hydrogens (tertiary/aromatic N) is 3. The first-order chi connectivity index (χ1) is 13.9. The number of amides is 1. The molecule has 0 N–H and O–H groups in total. The molecule has 154 valence electrons. The Morgan fingerprint density at radius 2 is 1.72 bits per heavy atom. The molecule has 0 aromatic heterocycles. The lowest BCUT2D eigenvalue weighted by molar-refractivity contribution is 0.0660. The highest BCUT2D eigenvalue weighted by atomic mass is 32.2. The number of likely N-dealkylation sites (N-methyl/N-ethyl adjacent to an activating group) is 1. The molecule has 2 heterocycles. The fourth-order valence-corrected chi connectivity index (χ4v) is 5.41. The van der Waals surface area contributed by atoms with Gasteiger partial charge < -0.3 is 14.5 Å². The summed E-state index contributed by atoms with van der Waals surface area (Å²) in [6.45, 7) is 3.19. The van der Waals surface area contributed by atoms with E-state index in [0.717, 1.165) is 18.7 Å². The van der Waals surface area contributed by atoms with Crippen molar-refractivity contribution in [2.24, 2.45) is 0 Å². The van der Waals surface area contributed by atoms with Gasteiger partial charge in [-0.2, -0.15) is 0 Å². The van der Waals surface area contributed by atoms with Gasteiger partial charge in [0.05, 0.1) is 23.3 Å². The minimum Gasteiger partial charge on any atom is -0.496 e. The van der Waals surface area contributed by atoms with Crippen LogP contribution in [0.4, 0.5) is 5.69 Å². The lowest BCUT2D eigenvalue weighted by Gasteiger charge is -2.32. The van der Waals surface area contributed by atoms with Gasteiger partial charge in [-0.25, -0.2) is 8.42 Å². The number of ether oxygens (including phenoxy) is 1. The molecule has 4 rings (SSSR count). The van der Waals surface area contributed by atoms with E-state index in [1.165, 1.54) is 23.5 Å². The highest BCUT2D eigenvalue weighted by molar-refractivity contribution is 7.92. The van der Waals surface area contributed by atoms with Gasteiger partial charge in [-0.15, -0.1) is 0 Å². The third kappa shape index (κ3) is 3.58. The first-order valence-corrected chi connectivity index (χ1v) is 11.1. The minimum atomic E-state index is -3.77. The van der Waals surface area contributed by atoms with Crippen LogP contribution in [-0.4, -0.2) is 71.0 Å². The fourth-order valence-electron chi connectivity index (χ4n) is 3.88. The number of hydrogen-bond donors (Lipinski definition) is 0. The maximum Gasteiger partial charge on any atom is 0.264 e. The summed E-state index contributed by atoms with van der Waals surface area (Å²) in [6, 6.07) is 12.0. The Balaban J connectivity index is 1.69. The minimum absolute atomic E-state index is 0.104. The second-order valence-electron chi connectivity index (χ2n) is 7.41. The number of carbonyl (C=O) groups excluding carboxylic acids is 1. The monoisotopic (exact) mass is 415 g/mol. The summed E-state index contributed by atoms with van der Waals surface area (Å²) in [5.41, 5.74) is 2.00. The normalized spacial score (nSPS) is 17.3. The molecule has 2 aromatic carbocycles. The quantitative estimate of drug-likeness (QED) is 0.762. The van der Waals surface area contributed by atoms with Crippen LogP contribution in [0.15, 0.2) is 47.4 Å². The van der Waals surface area contributed by atoms with Crippen molar-refractivity contribution in [1.82, 2.24) is 9.80 Å². The van der Waals surface area contributed by atoms with E-state index in [4.69, 9.17) is 4.74 Å². The van der Waals surface area contributed by atoms with Crippen LogP contribution in [0.25, 0.3) is 0 Å². The number of benzene rings is 2. The van der Waals surface area contributed by atoms with Crippen molar-refractivity contribution in [3.63, 3.8) is 0 Å². The first kappa shape index (κ1) is 19.7. The van der Waals surface area contributed by atoms with Gasteiger partial charge in [0.25, 0.3) is 15.9 Å². The molecule has 8 heteroatoms. The predicted octanol–water partition coefficient (Wildman–Crippen LogP) is 1.83. The molecule has 0 unspecified atom stereocenters. The van der Waals surface area contributed by atoms with Crippen LogP contribution in [0.5, 0.6) is 5.75 Å². The van der Waals surface area contributed by atoms with E-state index < -0.39 is 10.0 Å². The molecule has 7 nitrogen and oxygen atoms in total. The number of carbonyl (C=O) groups is 1. The highest BCUT2D eigenvalue weighted by Crippen LogP contribution is 2.34. The molecule has 0 spiro atoms. The van der Waals surface area contributed by atoms with E-state index >= 15 is 0 Å². The van der Waals surface area contributed by atoms with Crippen LogP contribution in [-0.2, 0) is 16.4 Å². The van der Waals surface area contributed by atoms with Crippen LogP contribution < -0.4 is 9.04 Å². The van der Waals surface area contributed by atoms with Gasteiger partial charge in [0.2, 0.25) is 0 Å². The van der Waals surface area contributed by atoms with E-state index in [-0.39, 0.29) is 16.4 Å². The molecule has 0 atom stereocenters. The summed E-state index contributed by atoms with van der Waals surface area (Å²) in [5.74, 6) is 0.184. The molecule has 0 saturated carbocycles. The number of piperazine rings is 1. The van der Waals surface area contributed by atoms with Crippen molar-refractivity contribution < 1.29 is 17.9 Å². The average Bonchev–Trinajstić information content (AvgIpc) is 3.18. The van der Waals surface area contributed by atoms with E-state index in [9.17, 15) is 13.2 Å². The molecular weight excluding hydrogens is 390 g/mol. The van der Waals surface area contributed by atoms with E-state index in [1.54, 1.807) is 11.0 Å². The lowest BCUT2D eigenvalue weighted by atomic mass is 10.1. The summed E-state index contributed by atoms with van der Waals surface area (Å²) in [4.78, 5) is 17.1. The van der Waals surface area contributed by atoms with Gasteiger partial charge >= 0.3 is 0 Å². The molecule has 29 heavy (non-hydrogen) atoms. The Bertz CT molecular complexity index is 1030. The number of fused-ring (bicyclic) bond motifs is 1. The van der Waals surface area contributed by atoms with Crippen molar-refractivity contribution in [3.8, 4) is 5.75 Å². The Hall–Kier alpha value is -2.58. The molecule has 2 aliphatic heterocycles. The molecular formula is C21H25N3O4S. The topological polar surface area (TPSA) is 70.2 Å². The van der Waals surface area contributed by atoms with Gasteiger partial charge in [-0.1, -0.05) is 18.2 Å². The average molecular weight is 416 g/mol. The highest BCUT2D eigenvalue weighted by Gasteiger charge is 2.32. The maximum atomic E-state index is 13.3. The lowest BCUT2D eigenvalue weighted by Crippen LogP contribution is -2.47. The third-order valence-corrected chi connectivity index (χ3v) is 7.43. The molecule has 0 bridgehead atoms. The number of rotatable bonds is 4. The Kier molecular flexibility index (Phi) is 5.23.